The third-order valence-electron chi connectivity index (χ3n) is 2.92. The van der Waals surface area contributed by atoms with Gasteiger partial charge in [0.2, 0.25) is 0 Å². The Balaban J connectivity index is 2.39. The van der Waals surface area contributed by atoms with Gasteiger partial charge in [-0.2, -0.15) is 0 Å². The van der Waals surface area contributed by atoms with Crippen molar-refractivity contribution < 1.29 is 9.53 Å². The average molecular weight is 302 g/mol. The molecule has 0 aliphatic carbocycles. The Hall–Kier alpha value is -2.01. The van der Waals surface area contributed by atoms with Crippen LogP contribution in [0.25, 0.3) is 0 Å². The molecule has 4 nitrogen and oxygen atoms in total. The number of hydrogen-bond acceptors (Lipinski definition) is 5. The molecule has 21 heavy (non-hydrogen) atoms. The van der Waals surface area contributed by atoms with Crippen molar-refractivity contribution in [2.24, 2.45) is 0 Å². The van der Waals surface area contributed by atoms with Crippen LogP contribution < -0.4 is 5.73 Å². The van der Waals surface area contributed by atoms with E-state index in [0.29, 0.717) is 22.9 Å². The predicted octanol–water partition coefficient (Wildman–Crippen LogP) is 3.61. The second kappa shape index (κ2) is 6.63. The van der Waals surface area contributed by atoms with Crippen LogP contribution in [0.5, 0.6) is 0 Å². The van der Waals surface area contributed by atoms with Crippen LogP contribution in [0, 0.1) is 13.8 Å². The molecule has 0 fully saturated rings. The van der Waals surface area contributed by atoms with Gasteiger partial charge in [-0.15, -0.1) is 0 Å². The Labute approximate surface area is 128 Å². The summed E-state index contributed by atoms with van der Waals surface area (Å²) in [6.45, 7) is 6.16. The molecule has 1 aromatic carbocycles. The zero-order valence-electron chi connectivity index (χ0n) is 12.3. The first kappa shape index (κ1) is 15.4. The number of carbonyl (C=O) groups is 1. The van der Waals surface area contributed by atoms with Gasteiger partial charge in [0.25, 0.3) is 0 Å². The molecule has 0 aliphatic heterocycles. The third kappa shape index (κ3) is 3.76. The lowest BCUT2D eigenvalue weighted by Crippen LogP contribution is -2.08. The van der Waals surface area contributed by atoms with Gasteiger partial charge in [0.05, 0.1) is 24.1 Å². The highest BCUT2D eigenvalue weighted by molar-refractivity contribution is 7.99. The SMILES string of the molecule is CCOC(=O)c1cc(N)cnc1Sc1cc(C)ccc1C. The first-order chi connectivity index (χ1) is 10.0. The van der Waals surface area contributed by atoms with E-state index in [1.165, 1.54) is 11.8 Å². The molecule has 2 rings (SSSR count). The summed E-state index contributed by atoms with van der Waals surface area (Å²) in [7, 11) is 0. The zero-order valence-corrected chi connectivity index (χ0v) is 13.2. The third-order valence-corrected chi connectivity index (χ3v) is 4.10. The Morgan fingerprint density at radius 3 is 2.81 bits per heavy atom. The van der Waals surface area contributed by atoms with Crippen molar-refractivity contribution in [3.63, 3.8) is 0 Å². The lowest BCUT2D eigenvalue weighted by molar-refractivity contribution is 0.0521. The fourth-order valence-corrected chi connectivity index (χ4v) is 2.87. The molecule has 1 aromatic heterocycles. The van der Waals surface area contributed by atoms with Crippen LogP contribution in [0.2, 0.25) is 0 Å². The van der Waals surface area contributed by atoms with Crippen molar-refractivity contribution >= 4 is 23.4 Å². The number of nitrogens with two attached hydrogens (primary N) is 1. The molecule has 0 bridgehead atoms. The smallest absolute Gasteiger partial charge is 0.340 e. The van der Waals surface area contributed by atoms with Gasteiger partial charge in [0.1, 0.15) is 5.03 Å². The van der Waals surface area contributed by atoms with Crippen molar-refractivity contribution in [2.75, 3.05) is 12.3 Å². The summed E-state index contributed by atoms with van der Waals surface area (Å²) in [4.78, 5) is 17.4. The first-order valence-electron chi connectivity index (χ1n) is 6.69. The number of aryl methyl sites for hydroxylation is 2. The van der Waals surface area contributed by atoms with Crippen molar-refractivity contribution in [2.45, 2.75) is 30.7 Å². The summed E-state index contributed by atoms with van der Waals surface area (Å²) < 4.78 is 5.07. The molecule has 0 aliphatic rings. The van der Waals surface area contributed by atoms with Crippen LogP contribution in [0.3, 0.4) is 0 Å². The highest BCUT2D eigenvalue weighted by Crippen LogP contribution is 2.32. The number of aromatic nitrogens is 1. The molecule has 0 amide bonds. The average Bonchev–Trinajstić information content (AvgIpc) is 2.45. The fourth-order valence-electron chi connectivity index (χ4n) is 1.83. The van der Waals surface area contributed by atoms with Gasteiger partial charge in [0.15, 0.2) is 0 Å². The molecule has 0 saturated heterocycles. The standard InChI is InChI=1S/C16H18N2O2S/c1-4-20-16(19)13-8-12(17)9-18-15(13)21-14-7-10(2)5-6-11(14)3/h5-9H,4,17H2,1-3H3. The monoisotopic (exact) mass is 302 g/mol. The molecule has 0 spiro atoms. The molecule has 0 unspecified atom stereocenters. The normalized spacial score (nSPS) is 10.4. The van der Waals surface area contributed by atoms with Crippen molar-refractivity contribution in [3.8, 4) is 0 Å². The number of ether oxygens (including phenoxy) is 1. The molecular weight excluding hydrogens is 284 g/mol. The summed E-state index contributed by atoms with van der Waals surface area (Å²) in [5, 5.41) is 0.608. The predicted molar refractivity (Wildman–Crippen MR) is 84.6 cm³/mol. The lowest BCUT2D eigenvalue weighted by Gasteiger charge is -2.10. The number of nitrogens with zero attached hydrogens (tertiary/aromatic N) is 1. The summed E-state index contributed by atoms with van der Waals surface area (Å²) >= 11 is 1.45. The Bertz CT molecular complexity index is 671. The highest BCUT2D eigenvalue weighted by atomic mass is 32.2. The van der Waals surface area contributed by atoms with Crippen LogP contribution in [0.1, 0.15) is 28.4 Å². The van der Waals surface area contributed by atoms with E-state index in [9.17, 15) is 4.79 Å². The maximum atomic E-state index is 12.0. The molecule has 2 aromatic rings. The van der Waals surface area contributed by atoms with E-state index < -0.39 is 5.97 Å². The number of anilines is 1. The first-order valence-corrected chi connectivity index (χ1v) is 7.50. The summed E-state index contributed by atoms with van der Waals surface area (Å²) in [6, 6.07) is 7.80. The number of rotatable bonds is 4. The number of esters is 1. The molecule has 110 valence electrons. The molecule has 1 heterocycles. The lowest BCUT2D eigenvalue weighted by atomic mass is 10.2. The van der Waals surface area contributed by atoms with Gasteiger partial charge >= 0.3 is 5.97 Å². The van der Waals surface area contributed by atoms with Crippen LogP contribution >= 0.6 is 11.8 Å². The number of pyridine rings is 1. The van der Waals surface area contributed by atoms with Gasteiger partial charge in [0, 0.05) is 4.90 Å². The Morgan fingerprint density at radius 1 is 1.33 bits per heavy atom. The van der Waals surface area contributed by atoms with E-state index in [-0.39, 0.29) is 0 Å². The molecular formula is C16H18N2O2S. The van der Waals surface area contributed by atoms with Crippen molar-refractivity contribution in [1.29, 1.82) is 0 Å². The molecule has 2 N–H and O–H groups in total. The zero-order chi connectivity index (χ0) is 15.4. The van der Waals surface area contributed by atoms with Crippen LogP contribution in [-0.2, 0) is 4.74 Å². The van der Waals surface area contributed by atoms with E-state index in [1.807, 2.05) is 13.8 Å². The van der Waals surface area contributed by atoms with E-state index in [1.54, 1.807) is 19.2 Å². The van der Waals surface area contributed by atoms with E-state index in [2.05, 4.69) is 23.2 Å². The van der Waals surface area contributed by atoms with Crippen molar-refractivity contribution in [3.05, 3.63) is 47.2 Å². The number of benzene rings is 1. The quantitative estimate of drug-likeness (QED) is 0.874. The van der Waals surface area contributed by atoms with Crippen LogP contribution in [-0.4, -0.2) is 17.6 Å². The fraction of sp³-hybridized carbons (Fsp3) is 0.250. The van der Waals surface area contributed by atoms with Crippen LogP contribution in [0.15, 0.2) is 40.4 Å². The minimum atomic E-state index is -0.398. The van der Waals surface area contributed by atoms with Crippen LogP contribution in [0.4, 0.5) is 5.69 Å². The minimum absolute atomic E-state index is 0.321. The second-order valence-corrected chi connectivity index (χ2v) is 5.74. The summed E-state index contributed by atoms with van der Waals surface area (Å²) in [5.41, 5.74) is 8.88. The second-order valence-electron chi connectivity index (χ2n) is 4.71. The van der Waals surface area contributed by atoms with E-state index in [0.717, 1.165) is 16.0 Å². The van der Waals surface area contributed by atoms with E-state index in [4.69, 9.17) is 10.5 Å². The maximum absolute atomic E-state index is 12.0. The number of nitrogen functional groups attached to an aromatic ring is 1. The number of hydrogen-bond donors (Lipinski definition) is 1. The minimum Gasteiger partial charge on any atom is -0.462 e. The van der Waals surface area contributed by atoms with Gasteiger partial charge in [-0.1, -0.05) is 23.9 Å². The molecule has 0 saturated carbocycles. The Morgan fingerprint density at radius 2 is 2.10 bits per heavy atom. The summed E-state index contributed by atoms with van der Waals surface area (Å²) in [6.07, 6.45) is 1.55. The van der Waals surface area contributed by atoms with Gasteiger partial charge < -0.3 is 10.5 Å². The van der Waals surface area contributed by atoms with Gasteiger partial charge in [-0.25, -0.2) is 9.78 Å². The largest absolute Gasteiger partial charge is 0.462 e. The van der Waals surface area contributed by atoms with Gasteiger partial charge in [-0.05, 0) is 44.0 Å². The van der Waals surface area contributed by atoms with E-state index >= 15 is 0 Å². The Kier molecular flexibility index (Phi) is 4.85. The van der Waals surface area contributed by atoms with Crippen molar-refractivity contribution in [1.82, 2.24) is 4.98 Å². The maximum Gasteiger partial charge on any atom is 0.340 e. The molecule has 5 heteroatoms. The topological polar surface area (TPSA) is 65.2 Å². The number of carbonyl (C=O) groups excluding carboxylic acids is 1. The summed E-state index contributed by atoms with van der Waals surface area (Å²) in [5.74, 6) is -0.398. The molecule has 0 atom stereocenters. The molecule has 0 radical (unpaired) electrons. The highest BCUT2D eigenvalue weighted by Gasteiger charge is 2.16. The van der Waals surface area contributed by atoms with Gasteiger partial charge in [-0.3, -0.25) is 0 Å².